The number of likely N-dealkylation sites (tertiary alicyclic amines) is 1. The van der Waals surface area contributed by atoms with E-state index in [4.69, 9.17) is 0 Å². The minimum atomic E-state index is -3.63. The SMILES string of the molecule is CCC(=O)N1CCc2cc(Br)c(S(=O)(=O)NCCCN3CCCCCC3)cc21. The van der Waals surface area contributed by atoms with Crippen LogP contribution in [0, 0.1) is 0 Å². The Morgan fingerprint density at radius 1 is 1.14 bits per heavy atom. The Hall–Kier alpha value is -0.960. The quantitative estimate of drug-likeness (QED) is 0.619. The molecule has 156 valence electrons. The van der Waals surface area contributed by atoms with Gasteiger partial charge in [0.1, 0.15) is 0 Å². The summed E-state index contributed by atoms with van der Waals surface area (Å²) in [7, 11) is -3.63. The molecule has 0 spiro atoms. The van der Waals surface area contributed by atoms with Crippen molar-refractivity contribution in [1.29, 1.82) is 0 Å². The molecule has 8 heteroatoms. The van der Waals surface area contributed by atoms with Gasteiger partial charge in [0.05, 0.1) is 4.90 Å². The molecule has 1 amide bonds. The normalized spacial score (nSPS) is 18.1. The summed E-state index contributed by atoms with van der Waals surface area (Å²) in [6, 6.07) is 3.47. The van der Waals surface area contributed by atoms with Gasteiger partial charge in [-0.25, -0.2) is 13.1 Å². The third-order valence-corrected chi connectivity index (χ3v) is 7.98. The molecule has 1 N–H and O–H groups in total. The van der Waals surface area contributed by atoms with Gasteiger partial charge in [0.25, 0.3) is 0 Å². The molecule has 0 unspecified atom stereocenters. The van der Waals surface area contributed by atoms with E-state index in [2.05, 4.69) is 25.6 Å². The van der Waals surface area contributed by atoms with E-state index in [0.717, 1.165) is 43.7 Å². The van der Waals surface area contributed by atoms with E-state index >= 15 is 0 Å². The number of hydrogen-bond donors (Lipinski definition) is 1. The molecule has 3 rings (SSSR count). The lowest BCUT2D eigenvalue weighted by atomic mass is 10.2. The Morgan fingerprint density at radius 3 is 2.54 bits per heavy atom. The first kappa shape index (κ1) is 21.7. The summed E-state index contributed by atoms with van der Waals surface area (Å²) in [6.45, 7) is 6.01. The number of halogens is 1. The van der Waals surface area contributed by atoms with Gasteiger partial charge < -0.3 is 9.80 Å². The lowest BCUT2D eigenvalue weighted by molar-refractivity contribution is -0.118. The predicted octanol–water partition coefficient (Wildman–Crippen LogP) is 3.29. The van der Waals surface area contributed by atoms with Gasteiger partial charge in [-0.05, 0) is 78.9 Å². The number of nitrogens with zero attached hydrogens (tertiary/aromatic N) is 2. The van der Waals surface area contributed by atoms with Crippen LogP contribution in [0.1, 0.15) is 51.0 Å². The summed E-state index contributed by atoms with van der Waals surface area (Å²) in [5, 5.41) is 0. The molecule has 0 saturated carbocycles. The summed E-state index contributed by atoms with van der Waals surface area (Å²) in [5.41, 5.74) is 1.73. The molecule has 1 aromatic carbocycles. The Kier molecular flexibility index (Phi) is 7.53. The van der Waals surface area contributed by atoms with Crippen molar-refractivity contribution in [1.82, 2.24) is 9.62 Å². The molecule has 1 saturated heterocycles. The fraction of sp³-hybridized carbons (Fsp3) is 0.650. The third-order valence-electron chi connectivity index (χ3n) is 5.56. The van der Waals surface area contributed by atoms with Crippen LogP contribution in [-0.4, -0.2) is 51.9 Å². The molecule has 2 aliphatic heterocycles. The molecule has 0 aliphatic carbocycles. The summed E-state index contributed by atoms with van der Waals surface area (Å²) in [4.78, 5) is 16.5. The maximum absolute atomic E-state index is 12.8. The van der Waals surface area contributed by atoms with Crippen LogP contribution in [-0.2, 0) is 21.2 Å². The second-order valence-corrected chi connectivity index (χ2v) is 10.2. The van der Waals surface area contributed by atoms with Crippen LogP contribution in [0.2, 0.25) is 0 Å². The number of sulfonamides is 1. The monoisotopic (exact) mass is 471 g/mol. The number of fused-ring (bicyclic) bond motifs is 1. The average Bonchev–Trinajstić information content (AvgIpc) is 2.90. The highest BCUT2D eigenvalue weighted by molar-refractivity contribution is 9.10. The van der Waals surface area contributed by atoms with Crippen LogP contribution in [0.5, 0.6) is 0 Å². The first-order valence-corrected chi connectivity index (χ1v) is 12.5. The highest BCUT2D eigenvalue weighted by atomic mass is 79.9. The zero-order valence-electron chi connectivity index (χ0n) is 16.5. The van der Waals surface area contributed by atoms with Crippen molar-refractivity contribution in [2.75, 3.05) is 37.6 Å². The van der Waals surface area contributed by atoms with Gasteiger partial charge in [0, 0.05) is 29.7 Å². The van der Waals surface area contributed by atoms with Crippen molar-refractivity contribution < 1.29 is 13.2 Å². The fourth-order valence-corrected chi connectivity index (χ4v) is 6.17. The molecule has 1 fully saturated rings. The van der Waals surface area contributed by atoms with Crippen molar-refractivity contribution in [3.8, 4) is 0 Å². The Bertz CT molecular complexity index is 805. The number of amides is 1. The van der Waals surface area contributed by atoms with Gasteiger partial charge in [-0.2, -0.15) is 0 Å². The van der Waals surface area contributed by atoms with E-state index in [1.807, 2.05) is 13.0 Å². The van der Waals surface area contributed by atoms with Crippen LogP contribution in [0.25, 0.3) is 0 Å². The second-order valence-electron chi connectivity index (χ2n) is 7.57. The second kappa shape index (κ2) is 9.69. The molecule has 2 aliphatic rings. The summed E-state index contributed by atoms with van der Waals surface area (Å²) in [6.07, 6.45) is 7.03. The average molecular weight is 472 g/mol. The minimum absolute atomic E-state index is 0.0230. The maximum atomic E-state index is 12.8. The molecule has 1 aromatic rings. The van der Waals surface area contributed by atoms with Crippen molar-refractivity contribution in [3.63, 3.8) is 0 Å². The molecular weight excluding hydrogens is 442 g/mol. The van der Waals surface area contributed by atoms with Crippen molar-refractivity contribution in [2.45, 2.75) is 56.8 Å². The zero-order chi connectivity index (χ0) is 20.1. The molecule has 6 nitrogen and oxygen atoms in total. The van der Waals surface area contributed by atoms with Gasteiger partial charge in [-0.15, -0.1) is 0 Å². The Balaban J connectivity index is 1.64. The maximum Gasteiger partial charge on any atom is 0.241 e. The van der Waals surface area contributed by atoms with Crippen molar-refractivity contribution in [3.05, 3.63) is 22.2 Å². The van der Waals surface area contributed by atoms with Crippen LogP contribution in [0.4, 0.5) is 5.69 Å². The van der Waals surface area contributed by atoms with E-state index in [1.165, 1.54) is 25.7 Å². The van der Waals surface area contributed by atoms with E-state index in [9.17, 15) is 13.2 Å². The number of nitrogens with one attached hydrogen (secondary N) is 1. The highest BCUT2D eigenvalue weighted by Gasteiger charge is 2.28. The van der Waals surface area contributed by atoms with Gasteiger partial charge in [0.15, 0.2) is 0 Å². The van der Waals surface area contributed by atoms with Crippen molar-refractivity contribution >= 4 is 37.5 Å². The molecule has 0 atom stereocenters. The summed E-state index contributed by atoms with van der Waals surface area (Å²) >= 11 is 3.41. The van der Waals surface area contributed by atoms with Crippen LogP contribution in [0.3, 0.4) is 0 Å². The number of hydrogen-bond acceptors (Lipinski definition) is 4. The van der Waals surface area contributed by atoms with E-state index < -0.39 is 10.0 Å². The summed E-state index contributed by atoms with van der Waals surface area (Å²) in [5.74, 6) is 0.0230. The van der Waals surface area contributed by atoms with Crippen LogP contribution < -0.4 is 9.62 Å². The lowest BCUT2D eigenvalue weighted by Crippen LogP contribution is -2.31. The first-order chi connectivity index (χ1) is 13.4. The number of anilines is 1. The number of rotatable bonds is 7. The van der Waals surface area contributed by atoms with Crippen molar-refractivity contribution in [2.24, 2.45) is 0 Å². The molecule has 2 heterocycles. The molecule has 0 radical (unpaired) electrons. The van der Waals surface area contributed by atoms with E-state index in [-0.39, 0.29) is 10.8 Å². The third kappa shape index (κ3) is 5.14. The molecular formula is C20H30BrN3O3S. The van der Waals surface area contributed by atoms with Gasteiger partial charge in [0.2, 0.25) is 15.9 Å². The van der Waals surface area contributed by atoms with E-state index in [1.54, 1.807) is 11.0 Å². The lowest BCUT2D eigenvalue weighted by Gasteiger charge is -2.20. The number of benzene rings is 1. The standard InChI is InChI=1S/C20H30BrN3O3S/c1-2-20(25)24-13-8-16-14-17(21)19(15-18(16)24)28(26,27)22-9-7-12-23-10-5-3-4-6-11-23/h14-15,22H,2-13H2,1H3. The topological polar surface area (TPSA) is 69.7 Å². The molecule has 0 aromatic heterocycles. The summed E-state index contributed by atoms with van der Waals surface area (Å²) < 4.78 is 29.0. The Labute approximate surface area is 176 Å². The number of carbonyl (C=O) groups excluding carboxylic acids is 1. The largest absolute Gasteiger partial charge is 0.312 e. The first-order valence-electron chi connectivity index (χ1n) is 10.3. The van der Waals surface area contributed by atoms with Crippen LogP contribution >= 0.6 is 15.9 Å². The zero-order valence-corrected chi connectivity index (χ0v) is 18.9. The highest BCUT2D eigenvalue weighted by Crippen LogP contribution is 2.35. The Morgan fingerprint density at radius 2 is 1.86 bits per heavy atom. The minimum Gasteiger partial charge on any atom is -0.312 e. The van der Waals surface area contributed by atoms with Gasteiger partial charge in [-0.1, -0.05) is 19.8 Å². The fourth-order valence-electron chi connectivity index (χ4n) is 3.99. The van der Waals surface area contributed by atoms with Gasteiger partial charge >= 0.3 is 0 Å². The van der Waals surface area contributed by atoms with Crippen LogP contribution in [0.15, 0.2) is 21.5 Å². The van der Waals surface area contributed by atoms with E-state index in [0.29, 0.717) is 24.0 Å². The molecule has 28 heavy (non-hydrogen) atoms. The number of carbonyl (C=O) groups is 1. The van der Waals surface area contributed by atoms with Gasteiger partial charge in [-0.3, -0.25) is 4.79 Å². The molecule has 0 bridgehead atoms. The predicted molar refractivity (Wildman–Crippen MR) is 115 cm³/mol. The smallest absolute Gasteiger partial charge is 0.241 e.